The highest BCUT2D eigenvalue weighted by molar-refractivity contribution is 5.78. The first kappa shape index (κ1) is 31.6. The first-order valence-corrected chi connectivity index (χ1v) is 16.5. The summed E-state index contributed by atoms with van der Waals surface area (Å²) in [5, 5.41) is 3.43. The second kappa shape index (κ2) is 14.8. The van der Waals surface area contributed by atoms with Gasteiger partial charge in [-0.05, 0) is 80.2 Å². The summed E-state index contributed by atoms with van der Waals surface area (Å²) < 4.78 is 6.00. The average Bonchev–Trinajstić information content (AvgIpc) is 3.11. The first-order chi connectivity index (χ1) is 22.4. The maximum atomic E-state index is 11.8. The molecule has 240 valence electrons. The van der Waals surface area contributed by atoms with Gasteiger partial charge in [0.25, 0.3) is 0 Å². The number of carbonyl (C=O) groups is 1. The molecular formula is C38H46N6O2. The molecule has 0 bridgehead atoms. The molecule has 4 aromatic rings. The molecule has 1 aromatic heterocycles. The Balaban J connectivity index is 1.26. The van der Waals surface area contributed by atoms with Crippen LogP contribution in [0.2, 0.25) is 0 Å². The first-order valence-electron chi connectivity index (χ1n) is 16.5. The zero-order valence-electron chi connectivity index (χ0n) is 27.4. The number of hydrogen-bond donors (Lipinski definition) is 1. The van der Waals surface area contributed by atoms with Crippen LogP contribution in [0.25, 0.3) is 33.6 Å². The molecule has 1 N–H and O–H groups in total. The number of nitrogens with one attached hydrogen (secondary N) is 1. The Hall–Kier alpha value is -4.40. The summed E-state index contributed by atoms with van der Waals surface area (Å²) in [7, 11) is 4.17. The summed E-state index contributed by atoms with van der Waals surface area (Å²) in [6.45, 7) is 10.6. The topological polar surface area (TPSA) is 64.2 Å². The van der Waals surface area contributed by atoms with Crippen LogP contribution in [0, 0.1) is 0 Å². The fourth-order valence-corrected chi connectivity index (χ4v) is 6.20. The third-order valence-electron chi connectivity index (χ3n) is 8.93. The Kier molecular flexibility index (Phi) is 10.2. The van der Waals surface area contributed by atoms with Gasteiger partial charge < -0.3 is 29.7 Å². The zero-order valence-corrected chi connectivity index (χ0v) is 27.4. The van der Waals surface area contributed by atoms with E-state index in [1.165, 1.54) is 11.4 Å². The van der Waals surface area contributed by atoms with E-state index in [0.29, 0.717) is 6.61 Å². The smallest absolute Gasteiger partial charge is 0.219 e. The van der Waals surface area contributed by atoms with Crippen LogP contribution in [0.15, 0.2) is 84.9 Å². The number of ether oxygens (including phenoxy) is 1. The van der Waals surface area contributed by atoms with Gasteiger partial charge >= 0.3 is 0 Å². The quantitative estimate of drug-likeness (QED) is 0.236. The second-order valence-corrected chi connectivity index (χ2v) is 12.5. The predicted octanol–water partition coefficient (Wildman–Crippen LogP) is 5.49. The van der Waals surface area contributed by atoms with Crippen molar-refractivity contribution >= 4 is 17.3 Å². The summed E-state index contributed by atoms with van der Waals surface area (Å²) >= 11 is 0. The molecule has 2 fully saturated rings. The van der Waals surface area contributed by atoms with E-state index in [2.05, 4.69) is 119 Å². The van der Waals surface area contributed by atoms with Crippen LogP contribution in [-0.4, -0.2) is 100 Å². The fraction of sp³-hybridized carbons (Fsp3) is 0.368. The van der Waals surface area contributed by atoms with Gasteiger partial charge in [0, 0.05) is 88.3 Å². The maximum absolute atomic E-state index is 11.8. The summed E-state index contributed by atoms with van der Waals surface area (Å²) in [5.41, 5.74) is 8.74. The fourth-order valence-electron chi connectivity index (χ4n) is 6.20. The van der Waals surface area contributed by atoms with Crippen molar-refractivity contribution < 1.29 is 9.53 Å². The van der Waals surface area contributed by atoms with Gasteiger partial charge in [0.15, 0.2) is 0 Å². The van der Waals surface area contributed by atoms with Crippen molar-refractivity contribution in [2.24, 2.45) is 0 Å². The molecule has 0 spiro atoms. The van der Waals surface area contributed by atoms with E-state index in [1.54, 1.807) is 6.92 Å². The van der Waals surface area contributed by atoms with E-state index >= 15 is 0 Å². The number of nitrogens with zero attached hydrogens (tertiary/aromatic N) is 5. The van der Waals surface area contributed by atoms with Gasteiger partial charge in [0.2, 0.25) is 5.91 Å². The number of rotatable bonds is 10. The lowest BCUT2D eigenvalue weighted by Gasteiger charge is -2.35. The molecule has 2 aliphatic rings. The molecule has 6 rings (SSSR count). The van der Waals surface area contributed by atoms with Crippen molar-refractivity contribution in [2.75, 3.05) is 89.4 Å². The van der Waals surface area contributed by atoms with Crippen LogP contribution in [0.4, 0.5) is 11.4 Å². The number of carbonyl (C=O) groups excluding carboxylic acids is 1. The van der Waals surface area contributed by atoms with Gasteiger partial charge in [0.1, 0.15) is 5.75 Å². The minimum absolute atomic E-state index is 0.150. The van der Waals surface area contributed by atoms with E-state index < -0.39 is 0 Å². The van der Waals surface area contributed by atoms with Crippen LogP contribution < -0.4 is 19.9 Å². The number of hydrogen-bond acceptors (Lipinski definition) is 7. The third kappa shape index (κ3) is 7.87. The molecule has 0 unspecified atom stereocenters. The molecule has 2 aliphatic heterocycles. The van der Waals surface area contributed by atoms with Gasteiger partial charge in [-0.2, -0.15) is 0 Å². The molecule has 8 nitrogen and oxygen atoms in total. The highest BCUT2D eigenvalue weighted by Gasteiger charge is 2.19. The normalized spacial score (nSPS) is 15.3. The van der Waals surface area contributed by atoms with Crippen molar-refractivity contribution in [3.8, 4) is 39.4 Å². The number of aromatic nitrogens is 1. The average molecular weight is 619 g/mol. The number of piperazine rings is 2. The molecule has 2 saturated heterocycles. The highest BCUT2D eigenvalue weighted by Crippen LogP contribution is 2.33. The second-order valence-electron chi connectivity index (χ2n) is 12.5. The van der Waals surface area contributed by atoms with Gasteiger partial charge in [-0.25, -0.2) is 4.98 Å². The van der Waals surface area contributed by atoms with E-state index in [9.17, 15) is 4.79 Å². The lowest BCUT2D eigenvalue weighted by atomic mass is 9.99. The minimum atomic E-state index is 0.150. The van der Waals surface area contributed by atoms with Crippen LogP contribution in [0.5, 0.6) is 5.75 Å². The van der Waals surface area contributed by atoms with Crippen LogP contribution >= 0.6 is 0 Å². The summed E-state index contributed by atoms with van der Waals surface area (Å²) in [6.07, 6.45) is 0.993. The van der Waals surface area contributed by atoms with Gasteiger partial charge in [-0.3, -0.25) is 4.79 Å². The predicted molar refractivity (Wildman–Crippen MR) is 189 cm³/mol. The van der Waals surface area contributed by atoms with Crippen molar-refractivity contribution in [2.45, 2.75) is 13.3 Å². The zero-order chi connectivity index (χ0) is 31.9. The molecule has 1 amide bonds. The lowest BCUT2D eigenvalue weighted by molar-refractivity contribution is -0.129. The third-order valence-corrected chi connectivity index (χ3v) is 8.93. The van der Waals surface area contributed by atoms with Crippen molar-refractivity contribution in [1.29, 1.82) is 0 Å². The van der Waals surface area contributed by atoms with Crippen molar-refractivity contribution in [3.05, 3.63) is 84.9 Å². The molecule has 0 radical (unpaired) electrons. The summed E-state index contributed by atoms with van der Waals surface area (Å²) in [5.74, 6) is 1.04. The van der Waals surface area contributed by atoms with Gasteiger partial charge in [-0.15, -0.1) is 0 Å². The Morgan fingerprint density at radius 3 is 1.76 bits per heavy atom. The number of pyridine rings is 1. The number of amides is 1. The van der Waals surface area contributed by atoms with Crippen molar-refractivity contribution in [1.82, 2.24) is 20.1 Å². The van der Waals surface area contributed by atoms with Crippen molar-refractivity contribution in [3.63, 3.8) is 0 Å². The van der Waals surface area contributed by atoms with Crippen LogP contribution in [-0.2, 0) is 4.79 Å². The van der Waals surface area contributed by atoms with E-state index in [-0.39, 0.29) is 5.91 Å². The Bertz CT molecular complexity index is 1570. The maximum Gasteiger partial charge on any atom is 0.219 e. The van der Waals surface area contributed by atoms with E-state index in [1.807, 2.05) is 4.90 Å². The summed E-state index contributed by atoms with van der Waals surface area (Å²) in [6, 6.07) is 30.3. The van der Waals surface area contributed by atoms with Gasteiger partial charge in [0.05, 0.1) is 18.0 Å². The Morgan fingerprint density at radius 2 is 1.24 bits per heavy atom. The molecule has 8 heteroatoms. The number of anilines is 2. The van der Waals surface area contributed by atoms with E-state index in [0.717, 1.165) is 105 Å². The molecule has 3 heterocycles. The Labute approximate surface area is 273 Å². The Morgan fingerprint density at radius 1 is 0.717 bits per heavy atom. The van der Waals surface area contributed by atoms with Gasteiger partial charge in [-0.1, -0.05) is 36.4 Å². The summed E-state index contributed by atoms with van der Waals surface area (Å²) in [4.78, 5) is 25.8. The molecule has 3 aromatic carbocycles. The molecule has 0 saturated carbocycles. The molecule has 46 heavy (non-hydrogen) atoms. The molecular weight excluding hydrogens is 572 g/mol. The lowest BCUT2D eigenvalue weighted by Crippen LogP contribution is -2.48. The largest absolute Gasteiger partial charge is 0.494 e. The molecule has 0 aliphatic carbocycles. The van der Waals surface area contributed by atoms with Crippen LogP contribution in [0.3, 0.4) is 0 Å². The standard InChI is InChI=1S/C38H46N6O2/c1-29(45)42-22-24-44(25-23-42)35-13-7-32(8-14-35)38-28-33(30-9-15-36(16-10-30)46-26-4-19-41(2)3)27-37(40-38)31-5-11-34(12-6-31)43-20-17-39-18-21-43/h5-16,27-28,39H,4,17-26H2,1-3H3. The molecule has 0 atom stereocenters. The highest BCUT2D eigenvalue weighted by atomic mass is 16.5. The van der Waals surface area contributed by atoms with Crippen LogP contribution in [0.1, 0.15) is 13.3 Å². The minimum Gasteiger partial charge on any atom is -0.494 e. The van der Waals surface area contributed by atoms with E-state index in [4.69, 9.17) is 9.72 Å². The monoisotopic (exact) mass is 618 g/mol. The SMILES string of the molecule is CC(=O)N1CCN(c2ccc(-c3cc(-c4ccc(OCCCN(C)C)cc4)cc(-c4ccc(N5CCNCC5)cc4)n3)cc2)CC1. The number of benzene rings is 3.